The third-order valence-electron chi connectivity index (χ3n) is 11.1. The smallest absolute Gasteiger partial charge is 0.404 e. The average Bonchev–Trinajstić information content (AvgIpc) is 3.33. The van der Waals surface area contributed by atoms with Gasteiger partial charge < -0.3 is 19.9 Å². The molecule has 4 fully saturated rings. The molecule has 4 rings (SSSR count). The summed E-state index contributed by atoms with van der Waals surface area (Å²) in [7, 11) is -0.502. The van der Waals surface area contributed by atoms with Gasteiger partial charge in [0.25, 0.3) is 0 Å². The van der Waals surface area contributed by atoms with Crippen molar-refractivity contribution < 1.29 is 23.7 Å². The number of carbonyl (C=O) groups is 3. The van der Waals surface area contributed by atoms with Gasteiger partial charge >= 0.3 is 7.12 Å². The van der Waals surface area contributed by atoms with Gasteiger partial charge in [-0.05, 0) is 68.6 Å². The summed E-state index contributed by atoms with van der Waals surface area (Å²) in [4.78, 5) is 39.6. The highest BCUT2D eigenvalue weighted by Gasteiger charge is 2.68. The summed E-state index contributed by atoms with van der Waals surface area (Å²) in [6.45, 7) is 16.2. The molecular weight excluding hydrogens is 551 g/mol. The van der Waals surface area contributed by atoms with Crippen LogP contribution in [0.2, 0.25) is 0 Å². The Morgan fingerprint density at radius 1 is 0.886 bits per heavy atom. The Bertz CT molecular complexity index is 926. The second kappa shape index (κ2) is 17.5. The van der Waals surface area contributed by atoms with Gasteiger partial charge in [0.1, 0.15) is 5.78 Å². The largest absolute Gasteiger partial charge is 0.481 e. The van der Waals surface area contributed by atoms with E-state index >= 15 is 0 Å². The molecule has 0 radical (unpaired) electrons. The molecular formula is C36H65BN2O5. The first kappa shape index (κ1) is 37.1. The zero-order valence-corrected chi connectivity index (χ0v) is 29.3. The van der Waals surface area contributed by atoms with Gasteiger partial charge in [-0.3, -0.25) is 14.4 Å². The molecule has 1 heterocycles. The highest BCUT2D eigenvalue weighted by atomic mass is 16.7. The molecule has 6 atom stereocenters. The summed E-state index contributed by atoms with van der Waals surface area (Å²) in [5, 5.41) is 6.27. The van der Waals surface area contributed by atoms with E-state index in [1.807, 2.05) is 0 Å². The van der Waals surface area contributed by atoms with E-state index in [0.29, 0.717) is 37.1 Å². The second-order valence-corrected chi connectivity index (χ2v) is 15.5. The van der Waals surface area contributed by atoms with Crippen molar-refractivity contribution in [1.82, 2.24) is 10.6 Å². The van der Waals surface area contributed by atoms with Crippen molar-refractivity contribution in [3.63, 3.8) is 0 Å². The lowest BCUT2D eigenvalue weighted by molar-refractivity contribution is -0.199. The lowest BCUT2D eigenvalue weighted by Crippen LogP contribution is -2.65. The van der Waals surface area contributed by atoms with E-state index in [4.69, 9.17) is 9.31 Å². The lowest BCUT2D eigenvalue weighted by Gasteiger charge is -2.64. The summed E-state index contributed by atoms with van der Waals surface area (Å²) < 4.78 is 13.3. The Balaban J connectivity index is 1.61. The minimum Gasteiger partial charge on any atom is -0.404 e. The summed E-state index contributed by atoms with van der Waals surface area (Å²) in [5.41, 5.74) is -0.0942. The molecule has 3 aliphatic carbocycles. The maximum atomic E-state index is 13.9. The molecule has 7 nitrogen and oxygen atoms in total. The molecule has 2 N–H and O–H groups in total. The molecule has 0 aromatic heterocycles. The fraction of sp³-hybridized carbons (Fsp3) is 0.917. The first-order chi connectivity index (χ1) is 20.9. The van der Waals surface area contributed by atoms with Gasteiger partial charge in [-0.2, -0.15) is 0 Å². The fourth-order valence-corrected chi connectivity index (χ4v) is 8.10. The number of rotatable bonds is 22. The molecule has 2 amide bonds. The van der Waals surface area contributed by atoms with Crippen LogP contribution in [0.3, 0.4) is 0 Å². The third kappa shape index (κ3) is 10.0. The van der Waals surface area contributed by atoms with Crippen LogP contribution >= 0.6 is 0 Å². The normalized spacial score (nSPS) is 26.5. The maximum absolute atomic E-state index is 13.9. The molecule has 2 bridgehead atoms. The molecule has 0 aromatic carbocycles. The van der Waals surface area contributed by atoms with Crippen LogP contribution < -0.4 is 10.6 Å². The summed E-state index contributed by atoms with van der Waals surface area (Å²) in [6, 6.07) is 0. The van der Waals surface area contributed by atoms with Gasteiger partial charge in [-0.25, -0.2) is 0 Å². The van der Waals surface area contributed by atoms with E-state index in [0.717, 1.165) is 51.4 Å². The van der Waals surface area contributed by atoms with Crippen molar-refractivity contribution in [3.8, 4) is 0 Å². The molecule has 0 unspecified atom stereocenters. The van der Waals surface area contributed by atoms with Crippen LogP contribution in [0.1, 0.15) is 158 Å². The Morgan fingerprint density at radius 3 is 2.20 bits per heavy atom. The van der Waals surface area contributed by atoms with Gasteiger partial charge in [-0.1, -0.05) is 92.9 Å². The predicted molar refractivity (Wildman–Crippen MR) is 179 cm³/mol. The molecule has 0 spiro atoms. The molecule has 1 saturated heterocycles. The van der Waals surface area contributed by atoms with Crippen LogP contribution in [0.25, 0.3) is 0 Å². The van der Waals surface area contributed by atoms with Crippen LogP contribution in [0.4, 0.5) is 0 Å². The average molecular weight is 617 g/mol. The van der Waals surface area contributed by atoms with Crippen LogP contribution in [0.5, 0.6) is 0 Å². The first-order valence-electron chi connectivity index (χ1n) is 18.3. The molecule has 8 heteroatoms. The molecule has 44 heavy (non-hydrogen) atoms. The van der Waals surface area contributed by atoms with Crippen LogP contribution in [-0.2, 0) is 23.7 Å². The van der Waals surface area contributed by atoms with Crippen LogP contribution in [0, 0.1) is 29.1 Å². The zero-order chi connectivity index (χ0) is 32.3. The van der Waals surface area contributed by atoms with Crippen LogP contribution in [-0.4, -0.2) is 48.9 Å². The van der Waals surface area contributed by atoms with E-state index in [1.54, 1.807) is 0 Å². The quantitative estimate of drug-likeness (QED) is 0.0966. The standard InChI is InChI=1S/C36H65BN2O5/c1-8-10-12-13-14-15-16-18-29(40)23-27(19-20-33(41)38-21-17-11-9-2)34(42)39-32(22-26(3)4)37-43-31-25-28-24-30(35(28,5)6)36(31,7)44-37/h26-28,30-32H,8-25H2,1-7H3,(H,38,41)(H,39,42)/t27-,28+,30+,31-,32+,36+/m1/s1. The Morgan fingerprint density at radius 2 is 1.55 bits per heavy atom. The minimum absolute atomic E-state index is 0.0433. The highest BCUT2D eigenvalue weighted by molar-refractivity contribution is 6.47. The zero-order valence-electron chi connectivity index (χ0n) is 29.3. The van der Waals surface area contributed by atoms with Crippen molar-refractivity contribution >= 4 is 24.7 Å². The van der Waals surface area contributed by atoms with Crippen molar-refractivity contribution in [2.45, 2.75) is 175 Å². The topological polar surface area (TPSA) is 93.7 Å². The van der Waals surface area contributed by atoms with Gasteiger partial charge in [0.15, 0.2) is 0 Å². The van der Waals surface area contributed by atoms with E-state index in [9.17, 15) is 14.4 Å². The maximum Gasteiger partial charge on any atom is 0.481 e. The molecule has 1 aliphatic heterocycles. The molecule has 4 aliphatic rings. The van der Waals surface area contributed by atoms with Crippen molar-refractivity contribution in [1.29, 1.82) is 0 Å². The van der Waals surface area contributed by atoms with Gasteiger partial charge in [0.2, 0.25) is 11.8 Å². The number of amides is 2. The highest BCUT2D eigenvalue weighted by Crippen LogP contribution is 2.65. The Hall–Kier alpha value is -1.41. The lowest BCUT2D eigenvalue weighted by atomic mass is 9.43. The number of carbonyl (C=O) groups excluding carboxylic acids is 3. The van der Waals surface area contributed by atoms with Crippen molar-refractivity contribution in [2.75, 3.05) is 6.54 Å². The summed E-state index contributed by atoms with van der Waals surface area (Å²) in [6.07, 6.45) is 15.5. The molecule has 0 aromatic rings. The van der Waals surface area contributed by atoms with Gasteiger partial charge in [-0.15, -0.1) is 0 Å². The monoisotopic (exact) mass is 616 g/mol. The van der Waals surface area contributed by atoms with Gasteiger partial charge in [0, 0.05) is 31.7 Å². The number of Topliss-reactive ketones (excluding diaryl/α,β-unsaturated/α-hetero) is 1. The second-order valence-electron chi connectivity index (χ2n) is 15.5. The number of unbranched alkanes of at least 4 members (excludes halogenated alkanes) is 8. The first-order valence-corrected chi connectivity index (χ1v) is 18.3. The number of ketones is 1. The summed E-state index contributed by atoms with van der Waals surface area (Å²) >= 11 is 0. The number of nitrogens with one attached hydrogen (secondary N) is 2. The third-order valence-corrected chi connectivity index (χ3v) is 11.1. The van der Waals surface area contributed by atoms with E-state index in [2.05, 4.69) is 59.1 Å². The Kier molecular flexibility index (Phi) is 14.7. The van der Waals surface area contributed by atoms with E-state index < -0.39 is 13.0 Å². The molecule has 252 valence electrons. The predicted octanol–water partition coefficient (Wildman–Crippen LogP) is 7.59. The number of hydrogen-bond donors (Lipinski definition) is 2. The number of hydrogen-bond acceptors (Lipinski definition) is 5. The fourth-order valence-electron chi connectivity index (χ4n) is 8.10. The van der Waals surface area contributed by atoms with E-state index in [-0.39, 0.29) is 53.5 Å². The van der Waals surface area contributed by atoms with Gasteiger partial charge in [0.05, 0.1) is 17.6 Å². The minimum atomic E-state index is -0.533. The van der Waals surface area contributed by atoms with Crippen molar-refractivity contribution in [3.05, 3.63) is 0 Å². The van der Waals surface area contributed by atoms with Crippen LogP contribution in [0.15, 0.2) is 0 Å². The molecule has 3 saturated carbocycles. The SMILES string of the molecule is CCCCCCCCCC(=O)C[C@@H](CCC(=O)NCCCCC)C(=O)N[C@@H](CC(C)C)B1O[C@@H]2C[C@@H]3C[C@@H](C3(C)C)[C@]2(C)O1. The van der Waals surface area contributed by atoms with E-state index in [1.165, 1.54) is 32.1 Å². The van der Waals surface area contributed by atoms with Crippen molar-refractivity contribution in [2.24, 2.45) is 29.1 Å². The Labute approximate surface area is 269 Å². The summed E-state index contributed by atoms with van der Waals surface area (Å²) in [5.74, 6) is 0.536.